The van der Waals surface area contributed by atoms with Crippen molar-refractivity contribution in [3.63, 3.8) is 0 Å². The molecule has 172 valence electrons. The fraction of sp³-hybridized carbons (Fsp3) is 0.409. The third kappa shape index (κ3) is 5.67. The maximum Gasteiger partial charge on any atom is 0.418 e. The van der Waals surface area contributed by atoms with Gasteiger partial charge in [-0.2, -0.15) is 13.2 Å². The van der Waals surface area contributed by atoms with Crippen LogP contribution in [0, 0.1) is 5.92 Å². The van der Waals surface area contributed by atoms with E-state index < -0.39 is 17.6 Å². The standard InChI is InChI=1S/C22H24F3N3O3S/c1-2-27(14-19(29)26-17-7-4-3-6-16(17)22(23,24)25)20(30)15-9-11-28(12-10-15)21(31)18-8-5-13-32-18/h3-8,13,15H,2,9-12,14H2,1H3,(H,26,29). The molecule has 0 saturated carbocycles. The fourth-order valence-corrected chi connectivity index (χ4v) is 4.38. The number of thiophene rings is 1. The molecule has 1 aromatic heterocycles. The number of likely N-dealkylation sites (N-methyl/N-ethyl adjacent to an activating group) is 1. The van der Waals surface area contributed by atoms with Crippen LogP contribution in [0.2, 0.25) is 0 Å². The molecule has 2 aromatic rings. The molecule has 1 fully saturated rings. The Morgan fingerprint density at radius 1 is 1.12 bits per heavy atom. The minimum absolute atomic E-state index is 0.0547. The number of alkyl halides is 3. The lowest BCUT2D eigenvalue weighted by Crippen LogP contribution is -2.46. The van der Waals surface area contributed by atoms with E-state index in [2.05, 4.69) is 5.32 Å². The second kappa shape index (κ2) is 10.2. The van der Waals surface area contributed by atoms with Gasteiger partial charge >= 0.3 is 6.18 Å². The smallest absolute Gasteiger partial charge is 0.338 e. The van der Waals surface area contributed by atoms with Crippen molar-refractivity contribution in [3.8, 4) is 0 Å². The Hall–Kier alpha value is -2.88. The van der Waals surface area contributed by atoms with E-state index in [1.54, 1.807) is 17.9 Å². The van der Waals surface area contributed by atoms with Gasteiger partial charge in [0.2, 0.25) is 11.8 Å². The van der Waals surface area contributed by atoms with Gasteiger partial charge in [0.25, 0.3) is 5.91 Å². The molecule has 32 heavy (non-hydrogen) atoms. The fourth-order valence-electron chi connectivity index (χ4n) is 3.69. The van der Waals surface area contributed by atoms with Crippen molar-refractivity contribution in [1.29, 1.82) is 0 Å². The molecule has 1 N–H and O–H groups in total. The average molecular weight is 468 g/mol. The summed E-state index contributed by atoms with van der Waals surface area (Å²) in [5.41, 5.74) is -1.28. The van der Waals surface area contributed by atoms with E-state index in [1.807, 2.05) is 11.4 Å². The molecule has 3 rings (SSSR count). The maximum absolute atomic E-state index is 13.1. The largest absolute Gasteiger partial charge is 0.418 e. The second-order valence-corrected chi connectivity index (χ2v) is 8.44. The minimum Gasteiger partial charge on any atom is -0.338 e. The number of piperidine rings is 1. The van der Waals surface area contributed by atoms with Crippen molar-refractivity contribution < 1.29 is 27.6 Å². The van der Waals surface area contributed by atoms with Gasteiger partial charge < -0.3 is 15.1 Å². The molecule has 1 saturated heterocycles. The van der Waals surface area contributed by atoms with Gasteiger partial charge in [0.15, 0.2) is 0 Å². The van der Waals surface area contributed by atoms with Crippen molar-refractivity contribution in [1.82, 2.24) is 9.80 Å². The Kier molecular flexibility index (Phi) is 7.55. The molecule has 0 spiro atoms. The number of para-hydroxylation sites is 1. The lowest BCUT2D eigenvalue weighted by Gasteiger charge is -2.33. The first-order valence-corrected chi connectivity index (χ1v) is 11.2. The quantitative estimate of drug-likeness (QED) is 0.695. The molecule has 0 bridgehead atoms. The monoisotopic (exact) mass is 467 g/mol. The van der Waals surface area contributed by atoms with Crippen LogP contribution >= 0.6 is 11.3 Å². The van der Waals surface area contributed by atoms with Crippen LogP contribution in [0.5, 0.6) is 0 Å². The molecule has 10 heteroatoms. The average Bonchev–Trinajstić information content (AvgIpc) is 3.31. The number of carbonyl (C=O) groups is 3. The number of rotatable bonds is 6. The van der Waals surface area contributed by atoms with Gasteiger partial charge in [-0.05, 0) is 43.3 Å². The van der Waals surface area contributed by atoms with Crippen molar-refractivity contribution in [3.05, 3.63) is 52.2 Å². The summed E-state index contributed by atoms with van der Waals surface area (Å²) in [6.07, 6.45) is -3.64. The van der Waals surface area contributed by atoms with Gasteiger partial charge in [0.1, 0.15) is 0 Å². The summed E-state index contributed by atoms with van der Waals surface area (Å²) in [5.74, 6) is -1.31. The van der Waals surface area contributed by atoms with Crippen LogP contribution in [-0.4, -0.2) is 53.7 Å². The molecule has 1 aliphatic rings. The van der Waals surface area contributed by atoms with Crippen molar-refractivity contribution >= 4 is 34.7 Å². The predicted molar refractivity (Wildman–Crippen MR) is 115 cm³/mol. The molecule has 0 atom stereocenters. The van der Waals surface area contributed by atoms with Crippen LogP contribution in [-0.2, 0) is 15.8 Å². The number of hydrogen-bond acceptors (Lipinski definition) is 4. The Morgan fingerprint density at radius 3 is 2.41 bits per heavy atom. The normalized spacial score (nSPS) is 14.8. The highest BCUT2D eigenvalue weighted by Crippen LogP contribution is 2.34. The van der Waals surface area contributed by atoms with Crippen molar-refractivity contribution in [2.75, 3.05) is 31.5 Å². The van der Waals surface area contributed by atoms with E-state index in [9.17, 15) is 27.6 Å². The maximum atomic E-state index is 13.1. The lowest BCUT2D eigenvalue weighted by molar-refractivity contribution is -0.139. The van der Waals surface area contributed by atoms with Crippen LogP contribution < -0.4 is 5.32 Å². The van der Waals surface area contributed by atoms with Gasteiger partial charge in [0.05, 0.1) is 22.7 Å². The van der Waals surface area contributed by atoms with Gasteiger partial charge in [0, 0.05) is 25.6 Å². The first-order chi connectivity index (χ1) is 15.2. The van der Waals surface area contributed by atoms with Crippen LogP contribution in [0.15, 0.2) is 41.8 Å². The summed E-state index contributed by atoms with van der Waals surface area (Å²) in [6, 6.07) is 8.29. The number of anilines is 1. The summed E-state index contributed by atoms with van der Waals surface area (Å²) in [7, 11) is 0. The van der Waals surface area contributed by atoms with Gasteiger partial charge in [-0.15, -0.1) is 11.3 Å². The summed E-state index contributed by atoms with van der Waals surface area (Å²) in [5, 5.41) is 4.11. The Balaban J connectivity index is 1.56. The summed E-state index contributed by atoms with van der Waals surface area (Å²) in [4.78, 5) is 41.5. The number of likely N-dealkylation sites (tertiary alicyclic amines) is 1. The van der Waals surface area contributed by atoms with Gasteiger partial charge in [-0.25, -0.2) is 0 Å². The third-order valence-corrected chi connectivity index (χ3v) is 6.26. The van der Waals surface area contributed by atoms with Crippen LogP contribution in [0.4, 0.5) is 18.9 Å². The second-order valence-electron chi connectivity index (χ2n) is 7.49. The van der Waals surface area contributed by atoms with Gasteiger partial charge in [-0.1, -0.05) is 18.2 Å². The van der Waals surface area contributed by atoms with Crippen molar-refractivity contribution in [2.24, 2.45) is 5.92 Å². The Bertz CT molecular complexity index is 955. The first kappa shape index (κ1) is 23.8. The van der Waals surface area contributed by atoms with E-state index in [0.717, 1.165) is 6.07 Å². The number of nitrogens with one attached hydrogen (secondary N) is 1. The molecule has 3 amide bonds. The molecule has 6 nitrogen and oxygen atoms in total. The van der Waals surface area contributed by atoms with Gasteiger partial charge in [-0.3, -0.25) is 14.4 Å². The molecule has 0 radical (unpaired) electrons. The number of benzene rings is 1. The van der Waals surface area contributed by atoms with E-state index in [1.165, 1.54) is 34.4 Å². The zero-order valence-electron chi connectivity index (χ0n) is 17.5. The molecular formula is C22H24F3N3O3S. The highest BCUT2D eigenvalue weighted by atomic mass is 32.1. The van der Waals surface area contributed by atoms with E-state index in [-0.39, 0.29) is 36.5 Å². The number of carbonyl (C=O) groups excluding carboxylic acids is 3. The first-order valence-electron chi connectivity index (χ1n) is 10.3. The summed E-state index contributed by atoms with van der Waals surface area (Å²) >= 11 is 1.37. The highest BCUT2D eigenvalue weighted by molar-refractivity contribution is 7.12. The summed E-state index contributed by atoms with van der Waals surface area (Å²) in [6.45, 7) is 2.51. The van der Waals surface area contributed by atoms with Crippen LogP contribution in [0.25, 0.3) is 0 Å². The van der Waals surface area contributed by atoms with Crippen molar-refractivity contribution in [2.45, 2.75) is 25.9 Å². The molecule has 0 unspecified atom stereocenters. The number of nitrogens with zero attached hydrogens (tertiary/aromatic N) is 2. The lowest BCUT2D eigenvalue weighted by atomic mass is 9.95. The molecule has 0 aliphatic carbocycles. The van der Waals surface area contributed by atoms with E-state index in [0.29, 0.717) is 30.8 Å². The van der Waals surface area contributed by atoms with Crippen LogP contribution in [0.1, 0.15) is 35.0 Å². The Morgan fingerprint density at radius 2 is 1.81 bits per heavy atom. The highest BCUT2D eigenvalue weighted by Gasteiger charge is 2.34. The molecular weight excluding hydrogens is 443 g/mol. The minimum atomic E-state index is -4.60. The molecule has 2 heterocycles. The predicted octanol–water partition coefficient (Wildman–Crippen LogP) is 4.11. The van der Waals surface area contributed by atoms with E-state index in [4.69, 9.17) is 0 Å². The zero-order valence-corrected chi connectivity index (χ0v) is 18.3. The van der Waals surface area contributed by atoms with Crippen LogP contribution in [0.3, 0.4) is 0 Å². The third-order valence-electron chi connectivity index (χ3n) is 5.40. The number of amides is 3. The topological polar surface area (TPSA) is 69.7 Å². The SMILES string of the molecule is CCN(CC(=O)Nc1ccccc1C(F)(F)F)C(=O)C1CCN(C(=O)c2cccs2)CC1. The summed E-state index contributed by atoms with van der Waals surface area (Å²) < 4.78 is 39.4. The molecule has 1 aromatic carbocycles. The zero-order chi connectivity index (χ0) is 23.3. The Labute approximate surface area is 188 Å². The van der Waals surface area contributed by atoms with E-state index >= 15 is 0 Å². The number of hydrogen-bond donors (Lipinski definition) is 1. The number of halogens is 3. The molecule has 1 aliphatic heterocycles.